The molecule has 0 radical (unpaired) electrons. The molecule has 0 spiro atoms. The molecule has 1 heterocycles. The van der Waals surface area contributed by atoms with Gasteiger partial charge in [-0.3, -0.25) is 4.79 Å². The Kier molecular flexibility index (Phi) is 5.29. The first kappa shape index (κ1) is 16.6. The van der Waals surface area contributed by atoms with Crippen LogP contribution in [-0.4, -0.2) is 32.2 Å². The van der Waals surface area contributed by atoms with Crippen LogP contribution in [0.15, 0.2) is 18.2 Å². The van der Waals surface area contributed by atoms with E-state index in [1.807, 2.05) is 32.0 Å². The summed E-state index contributed by atoms with van der Waals surface area (Å²) in [4.78, 5) is 12.6. The highest BCUT2D eigenvalue weighted by Gasteiger charge is 2.34. The fraction of sp³-hybridized carbons (Fsp3) is 0.588. The summed E-state index contributed by atoms with van der Waals surface area (Å²) in [6.07, 6.45) is 3.09. The summed E-state index contributed by atoms with van der Waals surface area (Å²) in [5.74, 6) is 1.41. The third kappa shape index (κ3) is 3.53. The molecule has 1 amide bonds. The van der Waals surface area contributed by atoms with Crippen LogP contribution in [0.25, 0.3) is 0 Å². The molecule has 0 saturated carbocycles. The number of ether oxygens (including phenoxy) is 2. The first-order chi connectivity index (χ1) is 10.5. The van der Waals surface area contributed by atoms with Gasteiger partial charge < -0.3 is 20.1 Å². The number of rotatable bonds is 5. The molecule has 0 aliphatic carbocycles. The first-order valence-corrected chi connectivity index (χ1v) is 7.78. The molecule has 2 rings (SSSR count). The maximum absolute atomic E-state index is 12.6. The summed E-state index contributed by atoms with van der Waals surface area (Å²) >= 11 is 0. The molecule has 2 N–H and O–H groups in total. The monoisotopic (exact) mass is 306 g/mol. The van der Waals surface area contributed by atoms with Gasteiger partial charge in [-0.05, 0) is 57.4 Å². The quantitative estimate of drug-likeness (QED) is 0.877. The second kappa shape index (κ2) is 7.01. The molecule has 0 aromatic heterocycles. The van der Waals surface area contributed by atoms with E-state index in [9.17, 15) is 4.79 Å². The lowest BCUT2D eigenvalue weighted by atomic mass is 9.89. The summed E-state index contributed by atoms with van der Waals surface area (Å²) in [5, 5.41) is 6.43. The van der Waals surface area contributed by atoms with Crippen molar-refractivity contribution in [3.8, 4) is 11.5 Å². The number of carbonyl (C=O) groups is 1. The molecule has 1 aromatic carbocycles. The zero-order chi connectivity index (χ0) is 16.2. The second-order valence-electron chi connectivity index (χ2n) is 6.03. The van der Waals surface area contributed by atoms with Crippen LogP contribution in [0.3, 0.4) is 0 Å². The number of piperidine rings is 1. The summed E-state index contributed by atoms with van der Waals surface area (Å²) in [7, 11) is 3.22. The largest absolute Gasteiger partial charge is 0.493 e. The van der Waals surface area contributed by atoms with Crippen LogP contribution in [0.2, 0.25) is 0 Å². The van der Waals surface area contributed by atoms with Crippen molar-refractivity contribution in [2.75, 3.05) is 20.8 Å². The number of benzene rings is 1. The van der Waals surface area contributed by atoms with Gasteiger partial charge in [-0.25, -0.2) is 0 Å². The molecule has 5 heteroatoms. The van der Waals surface area contributed by atoms with E-state index in [-0.39, 0.29) is 11.9 Å². The molecule has 122 valence electrons. The smallest absolute Gasteiger partial charge is 0.240 e. The molecular weight excluding hydrogens is 280 g/mol. The van der Waals surface area contributed by atoms with Crippen LogP contribution < -0.4 is 20.1 Å². The van der Waals surface area contributed by atoms with Gasteiger partial charge in [0.15, 0.2) is 11.5 Å². The number of hydrogen-bond donors (Lipinski definition) is 2. The van der Waals surface area contributed by atoms with Crippen molar-refractivity contribution in [2.24, 2.45) is 0 Å². The van der Waals surface area contributed by atoms with Crippen molar-refractivity contribution < 1.29 is 14.3 Å². The van der Waals surface area contributed by atoms with Gasteiger partial charge in [0.25, 0.3) is 0 Å². The molecule has 1 aliphatic rings. The van der Waals surface area contributed by atoms with E-state index in [1.165, 1.54) is 0 Å². The van der Waals surface area contributed by atoms with Crippen LogP contribution in [0.1, 0.15) is 44.7 Å². The number of methoxy groups -OCH3 is 2. The molecular formula is C17H26N2O3. The SMILES string of the molecule is COc1ccc(C(C)NC(=O)C2(C)CCCCN2)cc1OC. The second-order valence-corrected chi connectivity index (χ2v) is 6.03. The lowest BCUT2D eigenvalue weighted by Gasteiger charge is -2.34. The molecule has 22 heavy (non-hydrogen) atoms. The van der Waals surface area contributed by atoms with Crippen LogP contribution in [0, 0.1) is 0 Å². The van der Waals surface area contributed by atoms with Gasteiger partial charge in [-0.15, -0.1) is 0 Å². The van der Waals surface area contributed by atoms with Crippen LogP contribution >= 0.6 is 0 Å². The minimum Gasteiger partial charge on any atom is -0.493 e. The average Bonchev–Trinajstić information content (AvgIpc) is 2.54. The van der Waals surface area contributed by atoms with Crippen LogP contribution in [0.5, 0.6) is 11.5 Å². The first-order valence-electron chi connectivity index (χ1n) is 7.78. The van der Waals surface area contributed by atoms with E-state index in [1.54, 1.807) is 14.2 Å². The number of nitrogens with one attached hydrogen (secondary N) is 2. The minimum atomic E-state index is -0.469. The van der Waals surface area contributed by atoms with Crippen molar-refractivity contribution in [1.29, 1.82) is 0 Å². The molecule has 2 unspecified atom stereocenters. The summed E-state index contributed by atoms with van der Waals surface area (Å²) < 4.78 is 10.6. The van der Waals surface area contributed by atoms with Crippen LogP contribution in [-0.2, 0) is 4.79 Å². The number of amides is 1. The highest BCUT2D eigenvalue weighted by Crippen LogP contribution is 2.30. The Labute approximate surface area is 132 Å². The normalized spacial score (nSPS) is 22.7. The Morgan fingerprint density at radius 1 is 1.27 bits per heavy atom. The van der Waals surface area contributed by atoms with Gasteiger partial charge in [-0.2, -0.15) is 0 Å². The zero-order valence-corrected chi connectivity index (χ0v) is 13.9. The molecule has 1 aliphatic heterocycles. The fourth-order valence-electron chi connectivity index (χ4n) is 2.81. The highest BCUT2D eigenvalue weighted by atomic mass is 16.5. The van der Waals surface area contributed by atoms with Gasteiger partial charge in [0.05, 0.1) is 25.8 Å². The summed E-state index contributed by atoms with van der Waals surface area (Å²) in [6, 6.07) is 5.62. The predicted octanol–water partition coefficient (Wildman–Crippen LogP) is 2.41. The third-order valence-corrected chi connectivity index (χ3v) is 4.38. The zero-order valence-electron chi connectivity index (χ0n) is 13.9. The molecule has 5 nitrogen and oxygen atoms in total. The average molecular weight is 306 g/mol. The Balaban J connectivity index is 2.08. The topological polar surface area (TPSA) is 59.6 Å². The number of carbonyl (C=O) groups excluding carboxylic acids is 1. The van der Waals surface area contributed by atoms with E-state index < -0.39 is 5.54 Å². The van der Waals surface area contributed by atoms with E-state index in [0.29, 0.717) is 11.5 Å². The van der Waals surface area contributed by atoms with Crippen LogP contribution in [0.4, 0.5) is 0 Å². The van der Waals surface area contributed by atoms with Gasteiger partial charge >= 0.3 is 0 Å². The van der Waals surface area contributed by atoms with Gasteiger partial charge in [0.2, 0.25) is 5.91 Å². The molecule has 1 aromatic rings. The molecule has 1 fully saturated rings. The molecule has 1 saturated heterocycles. The van der Waals surface area contributed by atoms with Crippen molar-refractivity contribution in [2.45, 2.75) is 44.7 Å². The standard InChI is InChI=1S/C17H26N2O3/c1-12(13-7-8-14(21-3)15(11-13)22-4)19-16(20)17(2)9-5-6-10-18-17/h7-8,11-12,18H,5-6,9-10H2,1-4H3,(H,19,20). The highest BCUT2D eigenvalue weighted by molar-refractivity contribution is 5.86. The van der Waals surface area contributed by atoms with Gasteiger partial charge in [0, 0.05) is 0 Å². The maximum Gasteiger partial charge on any atom is 0.240 e. The maximum atomic E-state index is 12.6. The van der Waals surface area contributed by atoms with Crippen molar-refractivity contribution in [1.82, 2.24) is 10.6 Å². The van der Waals surface area contributed by atoms with Crippen molar-refractivity contribution in [3.63, 3.8) is 0 Å². The Hall–Kier alpha value is -1.75. The van der Waals surface area contributed by atoms with E-state index in [0.717, 1.165) is 31.4 Å². The Bertz CT molecular complexity index is 525. The van der Waals surface area contributed by atoms with Crippen molar-refractivity contribution >= 4 is 5.91 Å². The third-order valence-electron chi connectivity index (χ3n) is 4.38. The minimum absolute atomic E-state index is 0.0504. The predicted molar refractivity (Wildman–Crippen MR) is 86.4 cm³/mol. The lowest BCUT2D eigenvalue weighted by molar-refractivity contribution is -0.128. The van der Waals surface area contributed by atoms with Gasteiger partial charge in [-0.1, -0.05) is 6.07 Å². The summed E-state index contributed by atoms with van der Waals surface area (Å²) in [6.45, 7) is 4.85. The summed E-state index contributed by atoms with van der Waals surface area (Å²) in [5.41, 5.74) is 0.522. The lowest BCUT2D eigenvalue weighted by Crippen LogP contribution is -2.57. The van der Waals surface area contributed by atoms with E-state index >= 15 is 0 Å². The Morgan fingerprint density at radius 3 is 2.59 bits per heavy atom. The van der Waals surface area contributed by atoms with E-state index in [4.69, 9.17) is 9.47 Å². The van der Waals surface area contributed by atoms with E-state index in [2.05, 4.69) is 10.6 Å². The molecule has 0 bridgehead atoms. The van der Waals surface area contributed by atoms with Gasteiger partial charge in [0.1, 0.15) is 0 Å². The molecule has 2 atom stereocenters. The number of hydrogen-bond acceptors (Lipinski definition) is 4. The Morgan fingerprint density at radius 2 is 2.00 bits per heavy atom. The fourth-order valence-corrected chi connectivity index (χ4v) is 2.81. The van der Waals surface area contributed by atoms with Crippen molar-refractivity contribution in [3.05, 3.63) is 23.8 Å².